The van der Waals surface area contributed by atoms with Crippen molar-refractivity contribution >= 4 is 12.0 Å². The average molecular weight is 195 g/mol. The van der Waals surface area contributed by atoms with Crippen LogP contribution in [0, 0.1) is 0 Å². The lowest BCUT2D eigenvalue weighted by molar-refractivity contribution is 0.0686. The fraction of sp³-hybridized carbons (Fsp3) is 0.111. The van der Waals surface area contributed by atoms with Gasteiger partial charge >= 0.3 is 5.97 Å². The third-order valence-electron chi connectivity index (χ3n) is 1.63. The van der Waals surface area contributed by atoms with Gasteiger partial charge in [-0.15, -0.1) is 0 Å². The maximum Gasteiger partial charge on any atom is 0.358 e. The van der Waals surface area contributed by atoms with E-state index < -0.39 is 17.4 Å². The van der Waals surface area contributed by atoms with Crippen LogP contribution in [0.4, 0.5) is 0 Å². The number of carbonyl (C=O) groups is 1. The summed E-state index contributed by atoms with van der Waals surface area (Å²) in [7, 11) is 1.36. The Kier molecular flexibility index (Phi) is 2.71. The molecule has 0 saturated carbocycles. The van der Waals surface area contributed by atoms with Crippen LogP contribution < -0.4 is 4.74 Å². The molecule has 0 radical (unpaired) electrons. The second kappa shape index (κ2) is 3.78. The van der Waals surface area contributed by atoms with Gasteiger partial charge in [-0.25, -0.2) is 9.78 Å². The highest BCUT2D eigenvalue weighted by atomic mass is 16.5. The normalized spacial score (nSPS) is 9.50. The molecule has 1 aromatic rings. The molecule has 0 aliphatic carbocycles. The number of methoxy groups -OCH3 is 1. The SMILES string of the molecule is C=Cc1cc(OC)nc(C(=O)O)c1O. The predicted octanol–water partition coefficient (Wildman–Crippen LogP) is 1.14. The van der Waals surface area contributed by atoms with Crippen LogP contribution in [0.1, 0.15) is 16.1 Å². The lowest BCUT2D eigenvalue weighted by Gasteiger charge is -2.05. The summed E-state index contributed by atoms with van der Waals surface area (Å²) in [5.41, 5.74) is -0.173. The van der Waals surface area contributed by atoms with Gasteiger partial charge in [0.2, 0.25) is 5.88 Å². The number of aromatic carboxylic acids is 1. The number of hydrogen-bond acceptors (Lipinski definition) is 4. The van der Waals surface area contributed by atoms with Gasteiger partial charge in [0.25, 0.3) is 0 Å². The molecule has 1 heterocycles. The van der Waals surface area contributed by atoms with Crippen LogP contribution in [0.25, 0.3) is 6.08 Å². The summed E-state index contributed by atoms with van der Waals surface area (Å²) in [4.78, 5) is 14.2. The van der Waals surface area contributed by atoms with Gasteiger partial charge in [-0.1, -0.05) is 12.7 Å². The number of aromatic hydroxyl groups is 1. The van der Waals surface area contributed by atoms with Gasteiger partial charge in [-0.3, -0.25) is 0 Å². The van der Waals surface area contributed by atoms with Crippen LogP contribution in [0.15, 0.2) is 12.6 Å². The van der Waals surface area contributed by atoms with Crippen molar-refractivity contribution in [2.75, 3.05) is 7.11 Å². The zero-order valence-corrected chi connectivity index (χ0v) is 7.52. The first kappa shape index (κ1) is 10.0. The highest BCUT2D eigenvalue weighted by molar-refractivity contribution is 5.90. The molecular formula is C9H9NO4. The summed E-state index contributed by atoms with van der Waals surface area (Å²) >= 11 is 0. The molecule has 2 N–H and O–H groups in total. The molecule has 0 bridgehead atoms. The van der Waals surface area contributed by atoms with Gasteiger partial charge in [0.15, 0.2) is 11.4 Å². The van der Waals surface area contributed by atoms with E-state index in [1.807, 2.05) is 0 Å². The maximum atomic E-state index is 10.6. The fourth-order valence-corrected chi connectivity index (χ4v) is 0.943. The molecule has 1 rings (SSSR count). The van der Waals surface area contributed by atoms with Crippen LogP contribution in [0.2, 0.25) is 0 Å². The van der Waals surface area contributed by atoms with Gasteiger partial charge in [0.1, 0.15) is 0 Å². The van der Waals surface area contributed by atoms with Crippen LogP contribution in [0.3, 0.4) is 0 Å². The van der Waals surface area contributed by atoms with Gasteiger partial charge < -0.3 is 14.9 Å². The lowest BCUT2D eigenvalue weighted by Crippen LogP contribution is -2.03. The van der Waals surface area contributed by atoms with Gasteiger partial charge in [-0.05, 0) is 0 Å². The number of pyridine rings is 1. The smallest absolute Gasteiger partial charge is 0.358 e. The van der Waals surface area contributed by atoms with Crippen molar-refractivity contribution in [1.82, 2.24) is 4.98 Å². The Morgan fingerprint density at radius 2 is 2.36 bits per heavy atom. The highest BCUT2D eigenvalue weighted by Crippen LogP contribution is 2.25. The maximum absolute atomic E-state index is 10.6. The number of carboxylic acid groups (broad SMARTS) is 1. The minimum absolute atomic E-state index is 0.120. The van der Waals surface area contributed by atoms with Crippen molar-refractivity contribution in [3.8, 4) is 11.6 Å². The predicted molar refractivity (Wildman–Crippen MR) is 49.5 cm³/mol. The molecule has 0 unspecified atom stereocenters. The molecule has 0 fully saturated rings. The molecule has 1 aromatic heterocycles. The average Bonchev–Trinajstić information content (AvgIpc) is 2.17. The summed E-state index contributed by atoms with van der Waals surface area (Å²) < 4.78 is 4.77. The monoisotopic (exact) mass is 195 g/mol. The molecule has 0 amide bonds. The molecule has 0 saturated heterocycles. The van der Waals surface area contributed by atoms with Crippen molar-refractivity contribution in [2.24, 2.45) is 0 Å². The Hall–Kier alpha value is -2.04. The summed E-state index contributed by atoms with van der Waals surface area (Å²) in [6.45, 7) is 3.43. The quantitative estimate of drug-likeness (QED) is 0.755. The van der Waals surface area contributed by atoms with Crippen molar-refractivity contribution in [3.05, 3.63) is 23.9 Å². The van der Waals surface area contributed by atoms with E-state index in [2.05, 4.69) is 11.6 Å². The number of rotatable bonds is 3. The van der Waals surface area contributed by atoms with E-state index in [0.29, 0.717) is 0 Å². The van der Waals surface area contributed by atoms with E-state index in [-0.39, 0.29) is 11.4 Å². The zero-order valence-electron chi connectivity index (χ0n) is 7.52. The lowest BCUT2D eigenvalue weighted by atomic mass is 10.2. The number of ether oxygens (including phenoxy) is 1. The van der Waals surface area contributed by atoms with Crippen molar-refractivity contribution in [2.45, 2.75) is 0 Å². The molecule has 0 aliphatic rings. The first-order valence-electron chi connectivity index (χ1n) is 3.74. The van der Waals surface area contributed by atoms with E-state index >= 15 is 0 Å². The van der Waals surface area contributed by atoms with Gasteiger partial charge in [0, 0.05) is 11.6 Å². The highest BCUT2D eigenvalue weighted by Gasteiger charge is 2.16. The summed E-state index contributed by atoms with van der Waals surface area (Å²) in [5.74, 6) is -1.60. The third kappa shape index (κ3) is 1.66. The third-order valence-corrected chi connectivity index (χ3v) is 1.63. The topological polar surface area (TPSA) is 79.7 Å². The van der Waals surface area contributed by atoms with Gasteiger partial charge in [0.05, 0.1) is 7.11 Å². The Morgan fingerprint density at radius 1 is 1.71 bits per heavy atom. The van der Waals surface area contributed by atoms with E-state index in [9.17, 15) is 9.90 Å². The molecule has 0 spiro atoms. The molecule has 0 atom stereocenters. The molecule has 5 heteroatoms. The number of nitrogens with zero attached hydrogens (tertiary/aromatic N) is 1. The molecule has 14 heavy (non-hydrogen) atoms. The number of hydrogen-bond donors (Lipinski definition) is 2. The van der Waals surface area contributed by atoms with Crippen molar-refractivity contribution < 1.29 is 19.7 Å². The zero-order chi connectivity index (χ0) is 10.7. The summed E-state index contributed by atoms with van der Waals surface area (Å²) in [5, 5.41) is 18.1. The largest absolute Gasteiger partial charge is 0.505 e. The van der Waals surface area contributed by atoms with E-state index in [1.165, 1.54) is 19.3 Å². The second-order valence-electron chi connectivity index (χ2n) is 2.46. The van der Waals surface area contributed by atoms with Crippen LogP contribution in [-0.2, 0) is 0 Å². The first-order valence-corrected chi connectivity index (χ1v) is 3.74. The first-order chi connectivity index (χ1) is 6.60. The minimum atomic E-state index is -1.32. The Morgan fingerprint density at radius 3 is 2.79 bits per heavy atom. The van der Waals surface area contributed by atoms with E-state index in [1.54, 1.807) is 0 Å². The van der Waals surface area contributed by atoms with Crippen molar-refractivity contribution in [3.63, 3.8) is 0 Å². The molecule has 0 aliphatic heterocycles. The minimum Gasteiger partial charge on any atom is -0.505 e. The molecule has 5 nitrogen and oxygen atoms in total. The summed E-state index contributed by atoms with van der Waals surface area (Å²) in [6, 6.07) is 1.40. The Balaban J connectivity index is 3.41. The molecular weight excluding hydrogens is 186 g/mol. The Labute approximate surface area is 80.3 Å². The number of carboxylic acids is 1. The molecule has 74 valence electrons. The summed E-state index contributed by atoms with van der Waals surface area (Å²) in [6.07, 6.45) is 1.33. The van der Waals surface area contributed by atoms with E-state index in [4.69, 9.17) is 9.84 Å². The second-order valence-corrected chi connectivity index (χ2v) is 2.46. The van der Waals surface area contributed by atoms with Crippen LogP contribution >= 0.6 is 0 Å². The standard InChI is InChI=1S/C9H9NO4/c1-3-5-4-6(14-2)10-7(8(5)11)9(12)13/h3-4,11H,1H2,2H3,(H,12,13). The fourth-order valence-electron chi connectivity index (χ4n) is 0.943. The Bertz CT molecular complexity index is 387. The van der Waals surface area contributed by atoms with Crippen LogP contribution in [-0.4, -0.2) is 28.3 Å². The number of aromatic nitrogens is 1. The molecule has 0 aromatic carbocycles. The van der Waals surface area contributed by atoms with Crippen molar-refractivity contribution in [1.29, 1.82) is 0 Å². The van der Waals surface area contributed by atoms with Gasteiger partial charge in [-0.2, -0.15) is 0 Å². The van der Waals surface area contributed by atoms with E-state index in [0.717, 1.165) is 0 Å². The van der Waals surface area contributed by atoms with Crippen LogP contribution in [0.5, 0.6) is 11.6 Å².